The number of aryl methyl sites for hydroxylation is 1. The van der Waals surface area contributed by atoms with Crippen molar-refractivity contribution in [3.8, 4) is 0 Å². The topological polar surface area (TPSA) is 70.7 Å². The Bertz CT molecular complexity index is 504. The zero-order valence-electron chi connectivity index (χ0n) is 10.5. The Morgan fingerprint density at radius 1 is 1.44 bits per heavy atom. The molecule has 2 heterocycles. The number of rotatable bonds is 4. The Labute approximate surface area is 106 Å². The fraction of sp³-hybridized carbons (Fsp3) is 0.308. The third-order valence-corrected chi connectivity index (χ3v) is 2.74. The number of H-pyrrole nitrogens is 1. The van der Waals surface area contributed by atoms with Crippen LogP contribution in [0.2, 0.25) is 0 Å². The highest BCUT2D eigenvalue weighted by Gasteiger charge is 2.15. The molecular formula is C13H16N4O. The molecule has 0 fully saturated rings. The molecule has 0 aliphatic heterocycles. The number of carbonyl (C=O) groups excluding carboxylic acids is 1. The second kappa shape index (κ2) is 5.44. The quantitative estimate of drug-likeness (QED) is 0.864. The molecule has 0 bridgehead atoms. The van der Waals surface area contributed by atoms with Gasteiger partial charge in [0.2, 0.25) is 0 Å². The van der Waals surface area contributed by atoms with E-state index in [1.54, 1.807) is 24.7 Å². The van der Waals surface area contributed by atoms with Crippen molar-refractivity contribution in [1.29, 1.82) is 0 Å². The molecule has 0 radical (unpaired) electrons. The van der Waals surface area contributed by atoms with Crippen LogP contribution in [0.3, 0.4) is 0 Å². The van der Waals surface area contributed by atoms with Gasteiger partial charge >= 0.3 is 0 Å². The molecule has 5 nitrogen and oxygen atoms in total. The maximum Gasteiger partial charge on any atom is 0.253 e. The van der Waals surface area contributed by atoms with E-state index in [9.17, 15) is 4.79 Å². The Hall–Kier alpha value is -2.17. The molecule has 0 saturated heterocycles. The highest BCUT2D eigenvalue weighted by atomic mass is 16.1. The Balaban J connectivity index is 2.08. The van der Waals surface area contributed by atoms with Crippen molar-refractivity contribution in [3.63, 3.8) is 0 Å². The largest absolute Gasteiger partial charge is 0.347 e. The van der Waals surface area contributed by atoms with E-state index < -0.39 is 0 Å². The van der Waals surface area contributed by atoms with Crippen molar-refractivity contribution in [2.24, 2.45) is 0 Å². The molecule has 2 rings (SSSR count). The number of hydrogen-bond acceptors (Lipinski definition) is 3. The first-order valence-electron chi connectivity index (χ1n) is 5.93. The number of nitrogens with zero attached hydrogens (tertiary/aromatic N) is 2. The summed E-state index contributed by atoms with van der Waals surface area (Å²) in [6.07, 6.45) is 5.78. The Morgan fingerprint density at radius 2 is 2.28 bits per heavy atom. The molecule has 0 aliphatic rings. The second-order valence-electron chi connectivity index (χ2n) is 4.10. The van der Waals surface area contributed by atoms with Crippen LogP contribution in [0.25, 0.3) is 0 Å². The number of aromatic nitrogens is 3. The standard InChI is InChI=1S/C13H16N4O/c1-3-11(12-14-6-7-15-12)17-13(18)10-5-4-9(2)16-8-10/h4-8,11H,3H2,1-2H3,(H,14,15)(H,17,18). The number of pyridine rings is 1. The molecule has 0 saturated carbocycles. The van der Waals surface area contributed by atoms with Gasteiger partial charge in [-0.3, -0.25) is 9.78 Å². The van der Waals surface area contributed by atoms with Crippen LogP contribution in [0.15, 0.2) is 30.7 Å². The second-order valence-corrected chi connectivity index (χ2v) is 4.10. The number of aromatic amines is 1. The van der Waals surface area contributed by atoms with Gasteiger partial charge in [0, 0.05) is 24.3 Å². The van der Waals surface area contributed by atoms with Crippen LogP contribution < -0.4 is 5.32 Å². The highest BCUT2D eigenvalue weighted by Crippen LogP contribution is 2.12. The van der Waals surface area contributed by atoms with Crippen LogP contribution in [0.1, 0.15) is 41.3 Å². The monoisotopic (exact) mass is 244 g/mol. The zero-order chi connectivity index (χ0) is 13.0. The minimum Gasteiger partial charge on any atom is -0.347 e. The number of imidazole rings is 1. The molecule has 5 heteroatoms. The molecule has 1 amide bonds. The summed E-state index contributed by atoms with van der Waals surface area (Å²) >= 11 is 0. The lowest BCUT2D eigenvalue weighted by atomic mass is 10.2. The van der Waals surface area contributed by atoms with Crippen LogP contribution in [0.4, 0.5) is 0 Å². The lowest BCUT2D eigenvalue weighted by molar-refractivity contribution is 0.0933. The van der Waals surface area contributed by atoms with Crippen LogP contribution in [0.5, 0.6) is 0 Å². The van der Waals surface area contributed by atoms with Gasteiger partial charge in [0.15, 0.2) is 0 Å². The van der Waals surface area contributed by atoms with Gasteiger partial charge < -0.3 is 10.3 Å². The fourth-order valence-corrected chi connectivity index (χ4v) is 1.68. The first kappa shape index (κ1) is 12.3. The lowest BCUT2D eigenvalue weighted by Gasteiger charge is -2.14. The summed E-state index contributed by atoms with van der Waals surface area (Å²) < 4.78 is 0. The molecule has 2 aromatic rings. The van der Waals surface area contributed by atoms with Crippen molar-refractivity contribution >= 4 is 5.91 Å². The van der Waals surface area contributed by atoms with E-state index >= 15 is 0 Å². The molecule has 0 aromatic carbocycles. The van der Waals surface area contributed by atoms with Gasteiger partial charge in [-0.05, 0) is 25.5 Å². The van der Waals surface area contributed by atoms with E-state index in [-0.39, 0.29) is 11.9 Å². The van der Waals surface area contributed by atoms with E-state index in [0.29, 0.717) is 5.56 Å². The van der Waals surface area contributed by atoms with Crippen LogP contribution in [-0.2, 0) is 0 Å². The molecule has 2 aromatic heterocycles. The Kier molecular flexibility index (Phi) is 3.72. The van der Waals surface area contributed by atoms with Gasteiger partial charge in [-0.2, -0.15) is 0 Å². The van der Waals surface area contributed by atoms with Gasteiger partial charge in [0.05, 0.1) is 11.6 Å². The van der Waals surface area contributed by atoms with Crippen LogP contribution >= 0.6 is 0 Å². The predicted octanol–water partition coefficient (Wildman–Crippen LogP) is 1.99. The lowest BCUT2D eigenvalue weighted by Crippen LogP contribution is -2.29. The molecular weight excluding hydrogens is 228 g/mol. The molecule has 18 heavy (non-hydrogen) atoms. The SMILES string of the molecule is CCC(NC(=O)c1ccc(C)nc1)c1ncc[nH]1. The molecule has 0 aliphatic carbocycles. The van der Waals surface area contributed by atoms with Gasteiger partial charge in [0.25, 0.3) is 5.91 Å². The summed E-state index contributed by atoms with van der Waals surface area (Å²) in [5.41, 5.74) is 1.45. The van der Waals surface area contributed by atoms with E-state index in [2.05, 4.69) is 20.3 Å². The summed E-state index contributed by atoms with van der Waals surface area (Å²) in [4.78, 5) is 23.3. The summed E-state index contributed by atoms with van der Waals surface area (Å²) in [6, 6.07) is 3.49. The van der Waals surface area contributed by atoms with Crippen LogP contribution in [-0.4, -0.2) is 20.9 Å². The molecule has 94 valence electrons. The van der Waals surface area contributed by atoms with Crippen molar-refractivity contribution in [1.82, 2.24) is 20.3 Å². The summed E-state index contributed by atoms with van der Waals surface area (Å²) in [5.74, 6) is 0.636. The van der Waals surface area contributed by atoms with E-state index in [1.165, 1.54) is 0 Å². The van der Waals surface area contributed by atoms with Crippen molar-refractivity contribution < 1.29 is 4.79 Å². The van der Waals surface area contributed by atoms with E-state index in [0.717, 1.165) is 17.9 Å². The van der Waals surface area contributed by atoms with Crippen molar-refractivity contribution in [3.05, 3.63) is 47.8 Å². The van der Waals surface area contributed by atoms with Crippen molar-refractivity contribution in [2.75, 3.05) is 0 Å². The van der Waals surface area contributed by atoms with E-state index in [1.807, 2.05) is 19.9 Å². The Morgan fingerprint density at radius 3 is 2.83 bits per heavy atom. The fourth-order valence-electron chi connectivity index (χ4n) is 1.68. The first-order valence-corrected chi connectivity index (χ1v) is 5.93. The normalized spacial score (nSPS) is 12.1. The minimum atomic E-state index is -0.134. The summed E-state index contributed by atoms with van der Waals surface area (Å²) in [6.45, 7) is 3.89. The average Bonchev–Trinajstić information content (AvgIpc) is 2.90. The molecule has 1 atom stereocenters. The smallest absolute Gasteiger partial charge is 0.253 e. The summed E-state index contributed by atoms with van der Waals surface area (Å²) in [5, 5.41) is 2.93. The zero-order valence-corrected chi connectivity index (χ0v) is 10.5. The number of nitrogens with one attached hydrogen (secondary N) is 2. The average molecular weight is 244 g/mol. The molecule has 0 spiro atoms. The van der Waals surface area contributed by atoms with Crippen LogP contribution in [0, 0.1) is 6.92 Å². The predicted molar refractivity (Wildman–Crippen MR) is 68.1 cm³/mol. The molecule has 1 unspecified atom stereocenters. The highest BCUT2D eigenvalue weighted by molar-refractivity contribution is 5.94. The third kappa shape index (κ3) is 2.74. The third-order valence-electron chi connectivity index (χ3n) is 2.74. The van der Waals surface area contributed by atoms with Gasteiger partial charge in [-0.1, -0.05) is 6.92 Å². The summed E-state index contributed by atoms with van der Waals surface area (Å²) in [7, 11) is 0. The number of amides is 1. The first-order chi connectivity index (χ1) is 8.70. The number of carbonyl (C=O) groups is 1. The van der Waals surface area contributed by atoms with Crippen molar-refractivity contribution in [2.45, 2.75) is 26.3 Å². The maximum atomic E-state index is 12.0. The maximum absolute atomic E-state index is 12.0. The molecule has 2 N–H and O–H groups in total. The minimum absolute atomic E-state index is 0.103. The van der Waals surface area contributed by atoms with Gasteiger partial charge in [0.1, 0.15) is 5.82 Å². The van der Waals surface area contributed by atoms with E-state index in [4.69, 9.17) is 0 Å². The van der Waals surface area contributed by atoms with Gasteiger partial charge in [-0.15, -0.1) is 0 Å². The number of hydrogen-bond donors (Lipinski definition) is 2. The van der Waals surface area contributed by atoms with Gasteiger partial charge in [-0.25, -0.2) is 4.98 Å².